The van der Waals surface area contributed by atoms with Crippen molar-refractivity contribution in [2.75, 3.05) is 24.6 Å². The molecule has 1 saturated heterocycles. The number of ether oxygens (including phenoxy) is 2. The Balaban J connectivity index is 1.77. The summed E-state index contributed by atoms with van der Waals surface area (Å²) in [6.45, 7) is 10.0. The Morgan fingerprint density at radius 2 is 1.64 bits per heavy atom. The summed E-state index contributed by atoms with van der Waals surface area (Å²) < 4.78 is 11.5. The van der Waals surface area contributed by atoms with Crippen LogP contribution in [0.5, 0.6) is 11.5 Å². The zero-order valence-electron chi connectivity index (χ0n) is 19.8. The average molecular weight is 449 g/mol. The fourth-order valence-electron chi connectivity index (χ4n) is 4.41. The van der Waals surface area contributed by atoms with E-state index in [0.29, 0.717) is 35.2 Å². The minimum absolute atomic E-state index is 0.0567. The Hall–Kier alpha value is -3.28. The summed E-state index contributed by atoms with van der Waals surface area (Å²) in [5.74, 6) is 1.26. The number of anilines is 1. The van der Waals surface area contributed by atoms with Crippen LogP contribution >= 0.6 is 0 Å². The van der Waals surface area contributed by atoms with Gasteiger partial charge in [0.05, 0.1) is 24.0 Å². The minimum Gasteiger partial charge on any atom is -0.492 e. The Kier molecular flexibility index (Phi) is 6.72. The molecule has 0 bridgehead atoms. The van der Waals surface area contributed by atoms with Crippen LogP contribution in [-0.4, -0.2) is 42.5 Å². The SMILES string of the molecule is CCOc1ccccc1N1C(=O)C(c2ccc(OC(C)C)cc2)=C(N2CCC(C)CC2)C1=O. The number of carbonyl (C=O) groups excluding carboxylic acids is 2. The predicted octanol–water partition coefficient (Wildman–Crippen LogP) is 4.89. The summed E-state index contributed by atoms with van der Waals surface area (Å²) in [5, 5.41) is 0. The molecule has 6 nitrogen and oxygen atoms in total. The van der Waals surface area contributed by atoms with Crippen LogP contribution in [0.3, 0.4) is 0 Å². The third-order valence-electron chi connectivity index (χ3n) is 6.08. The van der Waals surface area contributed by atoms with Crippen molar-refractivity contribution in [1.82, 2.24) is 4.90 Å². The number of hydrogen-bond acceptors (Lipinski definition) is 5. The molecular formula is C27H32N2O4. The van der Waals surface area contributed by atoms with Gasteiger partial charge in [-0.2, -0.15) is 0 Å². The highest BCUT2D eigenvalue weighted by Crippen LogP contribution is 2.39. The Morgan fingerprint density at radius 1 is 0.970 bits per heavy atom. The molecule has 0 atom stereocenters. The van der Waals surface area contributed by atoms with Crippen molar-refractivity contribution in [2.45, 2.75) is 46.6 Å². The number of imide groups is 1. The van der Waals surface area contributed by atoms with E-state index in [1.165, 1.54) is 4.90 Å². The van der Waals surface area contributed by atoms with E-state index in [1.54, 1.807) is 12.1 Å². The van der Waals surface area contributed by atoms with E-state index in [1.807, 2.05) is 57.2 Å². The van der Waals surface area contributed by atoms with Gasteiger partial charge >= 0.3 is 0 Å². The van der Waals surface area contributed by atoms with Crippen LogP contribution in [0, 0.1) is 5.92 Å². The maximum atomic E-state index is 13.8. The Morgan fingerprint density at radius 3 is 2.27 bits per heavy atom. The second kappa shape index (κ2) is 9.69. The van der Waals surface area contributed by atoms with Crippen LogP contribution in [0.1, 0.15) is 46.1 Å². The van der Waals surface area contributed by atoms with E-state index < -0.39 is 0 Å². The third kappa shape index (κ3) is 4.61. The first-order valence-electron chi connectivity index (χ1n) is 11.8. The predicted molar refractivity (Wildman–Crippen MR) is 129 cm³/mol. The molecule has 2 aliphatic heterocycles. The quantitative estimate of drug-likeness (QED) is 0.565. The summed E-state index contributed by atoms with van der Waals surface area (Å²) in [6, 6.07) is 14.6. The number of piperidine rings is 1. The van der Waals surface area contributed by atoms with Gasteiger partial charge in [-0.15, -0.1) is 0 Å². The highest BCUT2D eigenvalue weighted by atomic mass is 16.5. The maximum Gasteiger partial charge on any atom is 0.282 e. The molecule has 0 aliphatic carbocycles. The fourth-order valence-corrected chi connectivity index (χ4v) is 4.41. The smallest absolute Gasteiger partial charge is 0.282 e. The van der Waals surface area contributed by atoms with Gasteiger partial charge in [0.1, 0.15) is 17.2 Å². The van der Waals surface area contributed by atoms with Crippen LogP contribution in [0.15, 0.2) is 54.2 Å². The third-order valence-corrected chi connectivity index (χ3v) is 6.08. The van der Waals surface area contributed by atoms with Crippen molar-refractivity contribution in [2.24, 2.45) is 5.92 Å². The number of likely N-dealkylation sites (tertiary alicyclic amines) is 1. The lowest BCUT2D eigenvalue weighted by Crippen LogP contribution is -2.38. The average Bonchev–Trinajstić information content (AvgIpc) is 3.05. The first-order valence-corrected chi connectivity index (χ1v) is 11.8. The number of carbonyl (C=O) groups is 2. The first kappa shape index (κ1) is 22.9. The zero-order valence-corrected chi connectivity index (χ0v) is 19.8. The van der Waals surface area contributed by atoms with Gasteiger partial charge in [0.15, 0.2) is 0 Å². The van der Waals surface area contributed by atoms with Crippen molar-refractivity contribution in [1.29, 1.82) is 0 Å². The van der Waals surface area contributed by atoms with Crippen molar-refractivity contribution < 1.29 is 19.1 Å². The number of amides is 2. The molecule has 1 fully saturated rings. The standard InChI is InChI=1S/C27H32N2O4/c1-5-32-23-9-7-6-8-22(23)29-26(30)24(20-10-12-21(13-11-20)33-18(2)3)25(27(29)31)28-16-14-19(4)15-17-28/h6-13,18-19H,5,14-17H2,1-4H3. The van der Waals surface area contributed by atoms with Gasteiger partial charge in [0.25, 0.3) is 11.8 Å². The largest absolute Gasteiger partial charge is 0.492 e. The zero-order chi connectivity index (χ0) is 23.5. The molecule has 0 radical (unpaired) electrons. The van der Waals surface area contributed by atoms with E-state index in [4.69, 9.17) is 9.47 Å². The molecule has 0 unspecified atom stereocenters. The van der Waals surface area contributed by atoms with Crippen molar-refractivity contribution in [3.63, 3.8) is 0 Å². The van der Waals surface area contributed by atoms with Crippen molar-refractivity contribution in [3.05, 3.63) is 59.8 Å². The van der Waals surface area contributed by atoms with Crippen LogP contribution in [0.25, 0.3) is 5.57 Å². The Bertz CT molecular complexity index is 1050. The molecule has 0 aromatic heterocycles. The van der Waals surface area contributed by atoms with E-state index >= 15 is 0 Å². The van der Waals surface area contributed by atoms with Gasteiger partial charge in [-0.1, -0.05) is 31.2 Å². The lowest BCUT2D eigenvalue weighted by Gasteiger charge is -2.32. The van der Waals surface area contributed by atoms with E-state index in [0.717, 1.165) is 37.2 Å². The van der Waals surface area contributed by atoms with Crippen LogP contribution in [0.2, 0.25) is 0 Å². The summed E-state index contributed by atoms with van der Waals surface area (Å²) in [6.07, 6.45) is 2.05. The van der Waals surface area contributed by atoms with Gasteiger partial charge in [-0.3, -0.25) is 9.59 Å². The van der Waals surface area contributed by atoms with Crippen LogP contribution in [-0.2, 0) is 9.59 Å². The second-order valence-electron chi connectivity index (χ2n) is 8.93. The Labute approximate surface area is 195 Å². The van der Waals surface area contributed by atoms with Gasteiger partial charge in [0, 0.05) is 13.1 Å². The fraction of sp³-hybridized carbons (Fsp3) is 0.407. The topological polar surface area (TPSA) is 59.1 Å². The maximum absolute atomic E-state index is 13.8. The molecular weight excluding hydrogens is 416 g/mol. The number of nitrogens with zero attached hydrogens (tertiary/aromatic N) is 2. The highest BCUT2D eigenvalue weighted by molar-refractivity contribution is 6.45. The summed E-state index contributed by atoms with van der Waals surface area (Å²) in [4.78, 5) is 30.9. The monoisotopic (exact) mass is 448 g/mol. The van der Waals surface area contributed by atoms with Crippen molar-refractivity contribution >= 4 is 23.1 Å². The lowest BCUT2D eigenvalue weighted by atomic mass is 9.97. The summed E-state index contributed by atoms with van der Waals surface area (Å²) in [7, 11) is 0. The number of hydrogen-bond donors (Lipinski definition) is 0. The molecule has 0 spiro atoms. The molecule has 0 N–H and O–H groups in total. The molecule has 0 saturated carbocycles. The lowest BCUT2D eigenvalue weighted by molar-refractivity contribution is -0.120. The minimum atomic E-state index is -0.321. The van der Waals surface area contributed by atoms with Gasteiger partial charge in [0.2, 0.25) is 0 Å². The van der Waals surface area contributed by atoms with Gasteiger partial charge in [-0.05, 0) is 69.4 Å². The normalized spacial score (nSPS) is 17.4. The molecule has 2 amide bonds. The summed E-state index contributed by atoms with van der Waals surface area (Å²) in [5.41, 5.74) is 2.12. The van der Waals surface area contributed by atoms with Gasteiger partial charge < -0.3 is 14.4 Å². The van der Waals surface area contributed by atoms with Gasteiger partial charge in [-0.25, -0.2) is 4.90 Å². The molecule has 2 aromatic carbocycles. The van der Waals surface area contributed by atoms with Crippen LogP contribution in [0.4, 0.5) is 5.69 Å². The van der Waals surface area contributed by atoms with E-state index in [2.05, 4.69) is 11.8 Å². The molecule has 4 rings (SSSR count). The number of para-hydroxylation sites is 2. The highest BCUT2D eigenvalue weighted by Gasteiger charge is 2.43. The molecule has 2 heterocycles. The molecule has 6 heteroatoms. The van der Waals surface area contributed by atoms with Crippen molar-refractivity contribution in [3.8, 4) is 11.5 Å². The number of rotatable bonds is 7. The molecule has 2 aliphatic rings. The molecule has 2 aromatic rings. The number of benzene rings is 2. The van der Waals surface area contributed by atoms with E-state index in [9.17, 15) is 9.59 Å². The first-order chi connectivity index (χ1) is 15.9. The van der Waals surface area contributed by atoms with Crippen LogP contribution < -0.4 is 14.4 Å². The van der Waals surface area contributed by atoms with E-state index in [-0.39, 0.29) is 17.9 Å². The molecule has 33 heavy (non-hydrogen) atoms. The second-order valence-corrected chi connectivity index (χ2v) is 8.93. The molecule has 174 valence electrons. The summed E-state index contributed by atoms with van der Waals surface area (Å²) >= 11 is 0.